The number of benzene rings is 1. The Balaban J connectivity index is 1.52. The number of nitriles is 1. The molecule has 0 radical (unpaired) electrons. The molecule has 0 bridgehead atoms. The molecule has 0 amide bonds. The lowest BCUT2D eigenvalue weighted by atomic mass is 10.1. The van der Waals surface area contributed by atoms with Crippen molar-refractivity contribution < 1.29 is 13.5 Å². The minimum Gasteiger partial charge on any atom is -0.395 e. The van der Waals surface area contributed by atoms with Gasteiger partial charge in [0.25, 0.3) is 0 Å². The number of anilines is 2. The summed E-state index contributed by atoms with van der Waals surface area (Å²) in [4.78, 5) is 20.2. The van der Waals surface area contributed by atoms with Gasteiger partial charge in [-0.15, -0.1) is 4.99 Å². The summed E-state index contributed by atoms with van der Waals surface area (Å²) in [5.74, 6) is 1.20. The van der Waals surface area contributed by atoms with Crippen LogP contribution in [-0.4, -0.2) is 78.2 Å². The lowest BCUT2D eigenvalue weighted by Gasteiger charge is -2.41. The van der Waals surface area contributed by atoms with Crippen LogP contribution in [-0.2, 0) is 10.0 Å². The molecule has 1 fully saturated rings. The number of aryl methyl sites for hydroxylation is 1. The number of fused-ring (bicyclic) bond motifs is 1. The van der Waals surface area contributed by atoms with Crippen LogP contribution < -0.4 is 14.9 Å². The van der Waals surface area contributed by atoms with Gasteiger partial charge in [-0.25, -0.2) is 23.1 Å². The lowest BCUT2D eigenvalue weighted by molar-refractivity contribution is 0.297. The van der Waals surface area contributed by atoms with E-state index < -0.39 is 10.0 Å². The molecule has 4 N–H and O–H groups in total. The summed E-state index contributed by atoms with van der Waals surface area (Å²) in [5, 5.41) is 22.3. The average molecular weight is 498 g/mol. The van der Waals surface area contributed by atoms with Gasteiger partial charge in [-0.1, -0.05) is 6.07 Å². The van der Waals surface area contributed by atoms with Crippen molar-refractivity contribution in [3.8, 4) is 6.19 Å². The molecule has 2 aromatic heterocycles. The highest BCUT2D eigenvalue weighted by Gasteiger charge is 2.29. The second-order valence-corrected chi connectivity index (χ2v) is 9.96. The average Bonchev–Trinajstić information content (AvgIpc) is 3.24. The molecule has 1 saturated heterocycles. The van der Waals surface area contributed by atoms with Crippen molar-refractivity contribution in [2.24, 2.45) is 4.99 Å². The third kappa shape index (κ3) is 5.19. The number of H-pyrrole nitrogens is 1. The molecular formula is C22H27N9O3S. The van der Waals surface area contributed by atoms with E-state index in [4.69, 9.17) is 5.11 Å². The third-order valence-corrected chi connectivity index (χ3v) is 7.27. The molecule has 1 aliphatic heterocycles. The highest BCUT2D eigenvalue weighted by Crippen LogP contribution is 2.28. The lowest BCUT2D eigenvalue weighted by Crippen LogP contribution is -2.56. The number of hydrogen-bond donors (Lipinski definition) is 4. The number of aliphatic hydroxyl groups is 1. The molecule has 13 heteroatoms. The molecule has 0 unspecified atom stereocenters. The minimum absolute atomic E-state index is 0.0225. The summed E-state index contributed by atoms with van der Waals surface area (Å²) in [7, 11) is -3.77. The summed E-state index contributed by atoms with van der Waals surface area (Å²) < 4.78 is 27.2. The van der Waals surface area contributed by atoms with E-state index in [1.54, 1.807) is 18.5 Å². The van der Waals surface area contributed by atoms with E-state index in [0.717, 1.165) is 22.4 Å². The van der Waals surface area contributed by atoms with Gasteiger partial charge in [0.05, 0.1) is 16.9 Å². The normalized spacial score (nSPS) is 17.0. The zero-order valence-corrected chi connectivity index (χ0v) is 20.2. The zero-order valence-electron chi connectivity index (χ0n) is 19.4. The van der Waals surface area contributed by atoms with Gasteiger partial charge in [-0.3, -0.25) is 0 Å². The minimum atomic E-state index is -3.77. The van der Waals surface area contributed by atoms with Crippen molar-refractivity contribution in [3.05, 3.63) is 42.4 Å². The standard InChI is InChI=1S/C22H27N9O3S/c1-15-11-24-20-19(15)21(27-14-26-20)30-7-8-31(16(2)12-30)22(25-13-23)29-17-4-3-5-18(10-17)35(33,34)28-6-9-32/h3-5,10-11,14,16,28,32H,6-9,12H2,1-2H3,(H,25,29)(H,24,26,27)/t16-/m0/s1. The number of hydrogen-bond acceptors (Lipinski definition) is 8. The topological polar surface area (TPSA) is 163 Å². The van der Waals surface area contributed by atoms with E-state index in [1.165, 1.54) is 12.1 Å². The largest absolute Gasteiger partial charge is 0.395 e. The Labute approximate surface area is 203 Å². The maximum atomic E-state index is 12.4. The van der Waals surface area contributed by atoms with E-state index in [0.29, 0.717) is 31.3 Å². The number of guanidine groups is 1. The fraction of sp³-hybridized carbons (Fsp3) is 0.364. The van der Waals surface area contributed by atoms with Crippen LogP contribution in [0.2, 0.25) is 0 Å². The van der Waals surface area contributed by atoms with Crippen molar-refractivity contribution >= 4 is 38.5 Å². The highest BCUT2D eigenvalue weighted by atomic mass is 32.2. The fourth-order valence-electron chi connectivity index (χ4n) is 4.15. The zero-order chi connectivity index (χ0) is 25.0. The molecule has 3 heterocycles. The number of sulfonamides is 1. The van der Waals surface area contributed by atoms with Gasteiger partial charge in [-0.2, -0.15) is 5.26 Å². The molecule has 4 rings (SSSR count). The predicted molar refractivity (Wildman–Crippen MR) is 132 cm³/mol. The number of nitrogens with zero attached hydrogens (tertiary/aromatic N) is 6. The fourth-order valence-corrected chi connectivity index (χ4v) is 5.21. The van der Waals surface area contributed by atoms with Gasteiger partial charge in [0.1, 0.15) is 17.8 Å². The first-order valence-corrected chi connectivity index (χ1v) is 12.6. The molecule has 3 aromatic rings. The third-order valence-electron chi connectivity index (χ3n) is 5.81. The molecule has 1 aliphatic rings. The summed E-state index contributed by atoms with van der Waals surface area (Å²) in [5.41, 5.74) is 2.34. The Morgan fingerprint density at radius 1 is 1.37 bits per heavy atom. The quantitative estimate of drug-likeness (QED) is 0.221. The Bertz CT molecular complexity index is 1380. The van der Waals surface area contributed by atoms with Crippen molar-refractivity contribution in [2.45, 2.75) is 24.8 Å². The number of piperazine rings is 1. The summed E-state index contributed by atoms with van der Waals surface area (Å²) in [6.07, 6.45) is 5.30. The number of rotatable bonds is 6. The summed E-state index contributed by atoms with van der Waals surface area (Å²) in [6.45, 7) is 5.52. The monoisotopic (exact) mass is 497 g/mol. The van der Waals surface area contributed by atoms with Crippen LogP contribution in [0.4, 0.5) is 11.5 Å². The molecular weight excluding hydrogens is 470 g/mol. The number of aromatic nitrogens is 3. The maximum absolute atomic E-state index is 12.4. The number of aromatic amines is 1. The Hall–Kier alpha value is -3.73. The number of nitrogens with one attached hydrogen (secondary N) is 3. The first-order valence-electron chi connectivity index (χ1n) is 11.1. The van der Waals surface area contributed by atoms with Crippen molar-refractivity contribution in [1.82, 2.24) is 24.6 Å². The predicted octanol–water partition coefficient (Wildman–Crippen LogP) is 0.997. The second kappa shape index (κ2) is 10.3. The van der Waals surface area contributed by atoms with Crippen LogP contribution in [0, 0.1) is 18.4 Å². The van der Waals surface area contributed by atoms with E-state index >= 15 is 0 Å². The first-order chi connectivity index (χ1) is 16.8. The van der Waals surface area contributed by atoms with E-state index in [9.17, 15) is 13.7 Å². The maximum Gasteiger partial charge on any atom is 0.240 e. The SMILES string of the molecule is Cc1c[nH]c2ncnc(N3CCN(/C(=N/C#N)Nc4cccc(S(=O)(=O)NCCO)c4)[C@@H](C)C3)c12. The van der Waals surface area contributed by atoms with Crippen LogP contribution in [0.25, 0.3) is 11.0 Å². The van der Waals surface area contributed by atoms with E-state index in [2.05, 4.69) is 34.9 Å². The molecule has 1 aromatic carbocycles. The summed E-state index contributed by atoms with van der Waals surface area (Å²) >= 11 is 0. The van der Waals surface area contributed by atoms with Gasteiger partial charge in [0.2, 0.25) is 22.2 Å². The number of aliphatic hydroxyl groups excluding tert-OH is 1. The summed E-state index contributed by atoms with van der Waals surface area (Å²) in [6, 6.07) is 6.19. The van der Waals surface area contributed by atoms with Crippen molar-refractivity contribution in [2.75, 3.05) is 43.0 Å². The Morgan fingerprint density at radius 2 is 2.20 bits per heavy atom. The van der Waals surface area contributed by atoms with Crippen LogP contribution >= 0.6 is 0 Å². The first kappa shape index (κ1) is 24.4. The van der Waals surface area contributed by atoms with Gasteiger partial charge in [0, 0.05) is 44.1 Å². The Morgan fingerprint density at radius 3 is 2.94 bits per heavy atom. The smallest absolute Gasteiger partial charge is 0.240 e. The van der Waals surface area contributed by atoms with Gasteiger partial charge in [0.15, 0.2) is 0 Å². The molecule has 0 aliphatic carbocycles. The highest BCUT2D eigenvalue weighted by molar-refractivity contribution is 7.89. The second-order valence-electron chi connectivity index (χ2n) is 8.19. The molecule has 0 saturated carbocycles. The Kier molecular flexibility index (Phi) is 7.15. The van der Waals surface area contributed by atoms with Crippen molar-refractivity contribution in [1.29, 1.82) is 5.26 Å². The molecule has 184 valence electrons. The molecule has 35 heavy (non-hydrogen) atoms. The van der Waals surface area contributed by atoms with E-state index in [-0.39, 0.29) is 24.1 Å². The molecule has 12 nitrogen and oxygen atoms in total. The van der Waals surface area contributed by atoms with Gasteiger partial charge in [-0.05, 0) is 37.6 Å². The van der Waals surface area contributed by atoms with Crippen LogP contribution in [0.5, 0.6) is 0 Å². The van der Waals surface area contributed by atoms with Crippen molar-refractivity contribution in [3.63, 3.8) is 0 Å². The van der Waals surface area contributed by atoms with Crippen LogP contribution in [0.3, 0.4) is 0 Å². The van der Waals surface area contributed by atoms with Gasteiger partial charge < -0.3 is 25.2 Å². The molecule has 0 spiro atoms. The molecule has 1 atom stereocenters. The van der Waals surface area contributed by atoms with Gasteiger partial charge >= 0.3 is 0 Å². The van der Waals surface area contributed by atoms with E-state index in [1.807, 2.05) is 31.1 Å². The van der Waals surface area contributed by atoms with Crippen LogP contribution in [0.15, 0.2) is 46.7 Å². The number of aliphatic imine (C=N–C) groups is 1. The van der Waals surface area contributed by atoms with Crippen LogP contribution in [0.1, 0.15) is 12.5 Å².